The number of aryl methyl sites for hydroxylation is 1. The topological polar surface area (TPSA) is 27.7 Å². The van der Waals surface area contributed by atoms with Crippen LogP contribution < -0.4 is 15.0 Å². The van der Waals surface area contributed by atoms with Crippen LogP contribution in [0.1, 0.15) is 19.4 Å². The second-order valence-electron chi connectivity index (χ2n) is 6.68. The third-order valence-electron chi connectivity index (χ3n) is 4.71. The minimum absolute atomic E-state index is 0.397. The summed E-state index contributed by atoms with van der Waals surface area (Å²) in [6.07, 6.45) is 0. The number of anilines is 2. The Morgan fingerprint density at radius 1 is 1.15 bits per heavy atom. The Kier molecular flexibility index (Phi) is 5.99. The Morgan fingerprint density at radius 2 is 1.88 bits per heavy atom. The molecule has 0 aromatic heterocycles. The molecule has 26 heavy (non-hydrogen) atoms. The Labute approximate surface area is 161 Å². The van der Waals surface area contributed by atoms with Crippen molar-refractivity contribution < 1.29 is 4.74 Å². The van der Waals surface area contributed by atoms with Crippen molar-refractivity contribution >= 4 is 28.7 Å². The van der Waals surface area contributed by atoms with E-state index >= 15 is 0 Å². The van der Waals surface area contributed by atoms with Crippen LogP contribution in [0.4, 0.5) is 11.4 Å². The zero-order chi connectivity index (χ0) is 18.5. The SMILES string of the molecule is CCOc1ccccc1NC(=S)N1CCN(c2ccc(C)cc2)C(C)C1. The van der Waals surface area contributed by atoms with Crippen LogP contribution >= 0.6 is 12.2 Å². The van der Waals surface area contributed by atoms with Crippen molar-refractivity contribution in [3.8, 4) is 5.75 Å². The Bertz CT molecular complexity index is 747. The predicted molar refractivity (Wildman–Crippen MR) is 113 cm³/mol. The van der Waals surface area contributed by atoms with Gasteiger partial charge < -0.3 is 19.9 Å². The van der Waals surface area contributed by atoms with Crippen LogP contribution in [0.15, 0.2) is 48.5 Å². The van der Waals surface area contributed by atoms with E-state index in [0.29, 0.717) is 12.6 Å². The number of benzene rings is 2. The maximum atomic E-state index is 5.68. The van der Waals surface area contributed by atoms with Gasteiger partial charge in [-0.25, -0.2) is 0 Å². The van der Waals surface area contributed by atoms with E-state index < -0.39 is 0 Å². The summed E-state index contributed by atoms with van der Waals surface area (Å²) >= 11 is 5.67. The van der Waals surface area contributed by atoms with Gasteiger partial charge in [-0.3, -0.25) is 0 Å². The summed E-state index contributed by atoms with van der Waals surface area (Å²) in [5, 5.41) is 4.12. The van der Waals surface area contributed by atoms with Crippen molar-refractivity contribution in [1.29, 1.82) is 0 Å². The second kappa shape index (κ2) is 8.41. The highest BCUT2D eigenvalue weighted by atomic mass is 32.1. The highest BCUT2D eigenvalue weighted by molar-refractivity contribution is 7.80. The van der Waals surface area contributed by atoms with Crippen molar-refractivity contribution in [3.63, 3.8) is 0 Å². The number of rotatable bonds is 4. The average Bonchev–Trinajstić information content (AvgIpc) is 2.64. The van der Waals surface area contributed by atoms with E-state index in [1.807, 2.05) is 31.2 Å². The van der Waals surface area contributed by atoms with E-state index in [-0.39, 0.29) is 0 Å². The van der Waals surface area contributed by atoms with Gasteiger partial charge in [0.2, 0.25) is 0 Å². The average molecular weight is 370 g/mol. The summed E-state index contributed by atoms with van der Waals surface area (Å²) in [6, 6.07) is 17.1. The summed E-state index contributed by atoms with van der Waals surface area (Å²) in [5.74, 6) is 0.837. The lowest BCUT2D eigenvalue weighted by Gasteiger charge is -2.42. The van der Waals surface area contributed by atoms with Crippen LogP contribution in [0, 0.1) is 6.92 Å². The summed E-state index contributed by atoms with van der Waals surface area (Å²) < 4.78 is 5.68. The van der Waals surface area contributed by atoms with Crippen LogP contribution in [-0.4, -0.2) is 42.3 Å². The maximum absolute atomic E-state index is 5.68. The molecule has 1 fully saturated rings. The third kappa shape index (κ3) is 4.28. The molecule has 1 heterocycles. The molecule has 5 heteroatoms. The summed E-state index contributed by atoms with van der Waals surface area (Å²) in [6.45, 7) is 9.76. The lowest BCUT2D eigenvalue weighted by molar-refractivity contribution is 0.338. The molecule has 138 valence electrons. The molecule has 2 aromatic rings. The fourth-order valence-electron chi connectivity index (χ4n) is 3.31. The fourth-order valence-corrected chi connectivity index (χ4v) is 3.58. The number of ether oxygens (including phenoxy) is 1. The molecule has 0 aliphatic carbocycles. The van der Waals surface area contributed by atoms with Crippen LogP contribution in [0.2, 0.25) is 0 Å². The molecular formula is C21H27N3OS. The minimum Gasteiger partial charge on any atom is -0.492 e. The first-order valence-corrected chi connectivity index (χ1v) is 9.60. The molecule has 1 saturated heterocycles. The number of hydrogen-bond acceptors (Lipinski definition) is 3. The molecule has 1 N–H and O–H groups in total. The first kappa shape index (κ1) is 18.5. The highest BCUT2D eigenvalue weighted by Gasteiger charge is 2.25. The Hall–Kier alpha value is -2.27. The molecular weight excluding hydrogens is 342 g/mol. The van der Waals surface area contributed by atoms with Gasteiger partial charge >= 0.3 is 0 Å². The predicted octanol–water partition coefficient (Wildman–Crippen LogP) is 4.30. The molecule has 0 spiro atoms. The van der Waals surface area contributed by atoms with E-state index in [1.165, 1.54) is 11.3 Å². The summed E-state index contributed by atoms with van der Waals surface area (Å²) in [5.41, 5.74) is 3.50. The number of nitrogens with zero attached hydrogens (tertiary/aromatic N) is 2. The molecule has 1 aliphatic rings. The monoisotopic (exact) mass is 369 g/mol. The van der Waals surface area contributed by atoms with Crippen LogP contribution in [0.3, 0.4) is 0 Å². The maximum Gasteiger partial charge on any atom is 0.173 e. The van der Waals surface area contributed by atoms with Gasteiger partial charge in [0.15, 0.2) is 5.11 Å². The zero-order valence-corrected chi connectivity index (χ0v) is 16.6. The largest absolute Gasteiger partial charge is 0.492 e. The summed E-state index contributed by atoms with van der Waals surface area (Å²) in [4.78, 5) is 4.69. The lowest BCUT2D eigenvalue weighted by atomic mass is 10.1. The van der Waals surface area contributed by atoms with E-state index in [0.717, 1.165) is 36.2 Å². The highest BCUT2D eigenvalue weighted by Crippen LogP contribution is 2.25. The fraction of sp³-hybridized carbons (Fsp3) is 0.381. The molecule has 0 amide bonds. The lowest BCUT2D eigenvalue weighted by Crippen LogP contribution is -2.54. The number of hydrogen-bond donors (Lipinski definition) is 1. The summed E-state index contributed by atoms with van der Waals surface area (Å²) in [7, 11) is 0. The molecule has 0 bridgehead atoms. The first-order valence-electron chi connectivity index (χ1n) is 9.19. The van der Waals surface area contributed by atoms with Crippen molar-refractivity contribution in [3.05, 3.63) is 54.1 Å². The number of piperazine rings is 1. The Morgan fingerprint density at radius 3 is 2.58 bits per heavy atom. The van der Waals surface area contributed by atoms with Gasteiger partial charge in [0.1, 0.15) is 5.75 Å². The van der Waals surface area contributed by atoms with Gasteiger partial charge in [-0.1, -0.05) is 29.8 Å². The van der Waals surface area contributed by atoms with Gasteiger partial charge in [-0.15, -0.1) is 0 Å². The van der Waals surface area contributed by atoms with Crippen LogP contribution in [-0.2, 0) is 0 Å². The third-order valence-corrected chi connectivity index (χ3v) is 5.07. The van der Waals surface area contributed by atoms with Crippen molar-refractivity contribution in [2.45, 2.75) is 26.8 Å². The normalized spacial score (nSPS) is 17.1. The van der Waals surface area contributed by atoms with Gasteiger partial charge in [0.05, 0.1) is 12.3 Å². The van der Waals surface area contributed by atoms with Gasteiger partial charge in [-0.05, 0) is 57.3 Å². The van der Waals surface area contributed by atoms with Gasteiger partial charge in [0, 0.05) is 31.4 Å². The molecule has 2 aromatic carbocycles. The molecule has 3 rings (SSSR count). The molecule has 1 unspecified atom stereocenters. The molecule has 1 atom stereocenters. The van der Waals surface area contributed by atoms with E-state index in [4.69, 9.17) is 17.0 Å². The number of thiocarbonyl (C=S) groups is 1. The minimum atomic E-state index is 0.397. The van der Waals surface area contributed by atoms with Crippen molar-refractivity contribution in [2.75, 3.05) is 36.5 Å². The Balaban J connectivity index is 1.63. The standard InChI is InChI=1S/C21H27N3OS/c1-4-25-20-8-6-5-7-19(20)22-21(26)23-13-14-24(17(3)15-23)18-11-9-16(2)10-12-18/h5-12,17H,4,13-15H2,1-3H3,(H,22,26). The molecule has 0 radical (unpaired) electrons. The quantitative estimate of drug-likeness (QED) is 0.811. The number of nitrogens with one attached hydrogen (secondary N) is 1. The van der Waals surface area contributed by atoms with Crippen LogP contribution in [0.5, 0.6) is 5.75 Å². The zero-order valence-electron chi connectivity index (χ0n) is 15.7. The van der Waals surface area contributed by atoms with E-state index in [2.05, 4.69) is 53.2 Å². The molecule has 4 nitrogen and oxygen atoms in total. The smallest absolute Gasteiger partial charge is 0.173 e. The van der Waals surface area contributed by atoms with Gasteiger partial charge in [-0.2, -0.15) is 0 Å². The van der Waals surface area contributed by atoms with E-state index in [9.17, 15) is 0 Å². The van der Waals surface area contributed by atoms with Crippen LogP contribution in [0.25, 0.3) is 0 Å². The van der Waals surface area contributed by atoms with Crippen molar-refractivity contribution in [2.24, 2.45) is 0 Å². The second-order valence-corrected chi connectivity index (χ2v) is 7.07. The first-order chi connectivity index (χ1) is 12.6. The number of para-hydroxylation sites is 2. The van der Waals surface area contributed by atoms with E-state index in [1.54, 1.807) is 0 Å². The molecule has 0 saturated carbocycles. The van der Waals surface area contributed by atoms with Gasteiger partial charge in [0.25, 0.3) is 0 Å². The van der Waals surface area contributed by atoms with Crippen molar-refractivity contribution in [1.82, 2.24) is 4.90 Å². The molecule has 1 aliphatic heterocycles.